The molecule has 1 heterocycles. The van der Waals surface area contributed by atoms with E-state index >= 15 is 0 Å². The summed E-state index contributed by atoms with van der Waals surface area (Å²) < 4.78 is 93.2. The molecule has 110 valence electrons. The maximum atomic E-state index is 13.2. The number of nitrogens with one attached hydrogen (secondary N) is 1. The van der Waals surface area contributed by atoms with Crippen LogP contribution in [0.2, 0.25) is 0 Å². The third kappa shape index (κ3) is 3.13. The van der Waals surface area contributed by atoms with Gasteiger partial charge in [0.2, 0.25) is 0 Å². The van der Waals surface area contributed by atoms with E-state index in [4.69, 9.17) is 0 Å². The summed E-state index contributed by atoms with van der Waals surface area (Å²) in [6.07, 6.45) is 0. The van der Waals surface area contributed by atoms with Gasteiger partial charge in [0.1, 0.15) is 0 Å². The summed E-state index contributed by atoms with van der Waals surface area (Å²) in [5, 5.41) is 0. The molecule has 0 saturated carbocycles. The first-order valence-electron chi connectivity index (χ1n) is 4.06. The van der Waals surface area contributed by atoms with Crippen molar-refractivity contribution < 1.29 is 34.5 Å². The van der Waals surface area contributed by atoms with E-state index in [1.165, 1.54) is 6.92 Å². The number of rotatable bonds is 2. The monoisotopic (exact) mass is 360 g/mol. The molecule has 0 amide bonds. The third-order valence-corrected chi connectivity index (χ3v) is 9.04. The number of hydrogen-bond donors (Lipinski definition) is 1. The molecule has 0 radical (unpaired) electrons. The fourth-order valence-electron chi connectivity index (χ4n) is 0.765. The molecular formula is C2H7F7N4OP4. The van der Waals surface area contributed by atoms with E-state index in [1.54, 1.807) is 4.86 Å². The summed E-state index contributed by atoms with van der Waals surface area (Å²) in [6, 6.07) is 0. The zero-order valence-electron chi connectivity index (χ0n) is 8.44. The molecule has 1 N–H and O–H groups in total. The minimum absolute atomic E-state index is 0.312. The second kappa shape index (κ2) is 5.34. The summed E-state index contributed by atoms with van der Waals surface area (Å²) in [6.45, 7) is 0.962. The predicted octanol–water partition coefficient (Wildman–Crippen LogP) is 5.66. The van der Waals surface area contributed by atoms with E-state index in [0.717, 1.165) is 0 Å². The molecule has 0 fully saturated rings. The van der Waals surface area contributed by atoms with Crippen molar-refractivity contribution in [3.63, 3.8) is 0 Å². The van der Waals surface area contributed by atoms with Crippen molar-refractivity contribution in [1.82, 2.24) is 14.2 Å². The molecule has 0 aromatic rings. The van der Waals surface area contributed by atoms with Gasteiger partial charge in [0.15, 0.2) is 0 Å². The summed E-state index contributed by atoms with van der Waals surface area (Å²) in [5.41, 5.74) is 0. The summed E-state index contributed by atoms with van der Waals surface area (Å²) >= 11 is 0. The van der Waals surface area contributed by atoms with Gasteiger partial charge in [0.25, 0.3) is 0 Å². The minimum atomic E-state index is -8.71. The zero-order chi connectivity index (χ0) is 14.2. The molecule has 0 spiro atoms. The molecule has 1 aliphatic rings. The van der Waals surface area contributed by atoms with Crippen molar-refractivity contribution in [3.05, 3.63) is 0 Å². The van der Waals surface area contributed by atoms with Gasteiger partial charge in [-0.15, -0.1) is 0 Å². The Morgan fingerprint density at radius 1 is 1.39 bits per heavy atom. The van der Waals surface area contributed by atoms with Gasteiger partial charge in [-0.1, -0.05) is 0 Å². The summed E-state index contributed by atoms with van der Waals surface area (Å²) in [5.74, 6) is 0. The normalized spacial score (nSPS) is 36.0. The fraction of sp³-hybridized carbons (Fsp3) is 1.00. The van der Waals surface area contributed by atoms with Gasteiger partial charge in [-0.25, -0.2) is 0 Å². The maximum absolute atomic E-state index is 13.2. The van der Waals surface area contributed by atoms with Gasteiger partial charge >= 0.3 is 99.7 Å². The van der Waals surface area contributed by atoms with Gasteiger partial charge in [0.05, 0.1) is 0 Å². The van der Waals surface area contributed by atoms with Crippen LogP contribution >= 0.6 is 33.0 Å². The van der Waals surface area contributed by atoms with Gasteiger partial charge in [-0.05, 0) is 0 Å². The predicted molar refractivity (Wildman–Crippen MR) is 57.7 cm³/mol. The fourth-order valence-corrected chi connectivity index (χ4v) is 7.43. The summed E-state index contributed by atoms with van der Waals surface area (Å²) in [4.78, 5) is 1.75. The SMILES string of the molecule is CCOP1NPN=P(F)(F)N(F)P(F)(F)(F)N1F. The molecule has 0 aliphatic carbocycles. The molecule has 0 aromatic carbocycles. The molecule has 2 atom stereocenters. The van der Waals surface area contributed by atoms with Crippen molar-refractivity contribution >= 4 is 33.0 Å². The Balaban J connectivity index is 3.25. The standard InChI is InChI=1S/C2H7F7N4OP4/c1-2-14-16-10-15-11-17(5,6)13(4)18(7,8,9)12(16)3/h10,15H,2H2,1H3. The molecule has 5 nitrogen and oxygen atoms in total. The van der Waals surface area contributed by atoms with E-state index in [1.807, 2.05) is 0 Å². The van der Waals surface area contributed by atoms with Crippen LogP contribution in [0, 0.1) is 0 Å². The topological polar surface area (TPSA) is 40.1 Å². The first kappa shape index (κ1) is 16.9. The Morgan fingerprint density at radius 3 is 2.44 bits per heavy atom. The molecule has 0 aromatic heterocycles. The Bertz CT molecular complexity index is 368. The Morgan fingerprint density at radius 2 is 1.94 bits per heavy atom. The van der Waals surface area contributed by atoms with Crippen LogP contribution < -0.4 is 4.86 Å². The van der Waals surface area contributed by atoms with E-state index in [9.17, 15) is 29.9 Å². The molecule has 0 bridgehead atoms. The van der Waals surface area contributed by atoms with Gasteiger partial charge in [-0.3, -0.25) is 0 Å². The molecule has 1 rings (SSSR count). The quantitative estimate of drug-likeness (QED) is 0.392. The Kier molecular flexibility index (Phi) is 5.02. The van der Waals surface area contributed by atoms with E-state index in [2.05, 4.69) is 9.04 Å². The van der Waals surface area contributed by atoms with E-state index < -0.39 is 42.3 Å². The van der Waals surface area contributed by atoms with Crippen LogP contribution in [0.15, 0.2) is 4.52 Å². The molecule has 16 heteroatoms. The Labute approximate surface area is 100 Å². The van der Waals surface area contributed by atoms with Gasteiger partial charge in [0, 0.05) is 0 Å². The van der Waals surface area contributed by atoms with Crippen molar-refractivity contribution in [1.29, 1.82) is 0 Å². The second-order valence-corrected chi connectivity index (χ2v) is 9.82. The van der Waals surface area contributed by atoms with Crippen molar-refractivity contribution in [2.75, 3.05) is 6.61 Å². The average molecular weight is 360 g/mol. The number of halogens is 7. The van der Waals surface area contributed by atoms with Gasteiger partial charge < -0.3 is 0 Å². The third-order valence-electron chi connectivity index (χ3n) is 1.44. The zero-order valence-corrected chi connectivity index (χ0v) is 12.1. The second-order valence-electron chi connectivity index (χ2n) is 2.69. The van der Waals surface area contributed by atoms with Crippen molar-refractivity contribution in [3.8, 4) is 0 Å². The van der Waals surface area contributed by atoms with Crippen LogP contribution in [0.5, 0.6) is 0 Å². The van der Waals surface area contributed by atoms with Crippen LogP contribution in [0.1, 0.15) is 6.92 Å². The molecule has 2 unspecified atom stereocenters. The average Bonchev–Trinajstić information content (AvgIpc) is 2.24. The van der Waals surface area contributed by atoms with Crippen LogP contribution in [0.4, 0.5) is 29.9 Å². The van der Waals surface area contributed by atoms with Crippen LogP contribution in [-0.2, 0) is 4.52 Å². The van der Waals surface area contributed by atoms with Gasteiger partial charge in [-0.2, -0.15) is 0 Å². The van der Waals surface area contributed by atoms with Crippen molar-refractivity contribution in [2.45, 2.75) is 6.92 Å². The van der Waals surface area contributed by atoms with E-state index in [-0.39, 0.29) is 6.61 Å². The van der Waals surface area contributed by atoms with E-state index in [0.29, 0.717) is 0 Å². The first-order valence-corrected chi connectivity index (χ1v) is 9.51. The summed E-state index contributed by atoms with van der Waals surface area (Å²) in [7, 11) is -19.5. The van der Waals surface area contributed by atoms with Crippen LogP contribution in [-0.4, -0.2) is 15.9 Å². The number of hydrogen-bond acceptors (Lipinski definition) is 5. The Hall–Kier alpha value is 0.870. The molecular weight excluding hydrogens is 353 g/mol. The van der Waals surface area contributed by atoms with Crippen molar-refractivity contribution in [2.24, 2.45) is 4.52 Å². The first-order chi connectivity index (χ1) is 8.01. The van der Waals surface area contributed by atoms with Crippen LogP contribution in [0.25, 0.3) is 0 Å². The molecule has 1 aliphatic heterocycles. The molecule has 0 saturated heterocycles. The number of nitrogens with zero attached hydrogens (tertiary/aromatic N) is 3. The molecule has 18 heavy (non-hydrogen) atoms. The van der Waals surface area contributed by atoms with Crippen LogP contribution in [0.3, 0.4) is 0 Å².